The maximum atomic E-state index is 12.8. The summed E-state index contributed by atoms with van der Waals surface area (Å²) in [5.74, 6) is -0.231. The normalized spacial score (nSPS) is 15.8. The van der Waals surface area contributed by atoms with Crippen molar-refractivity contribution in [3.05, 3.63) is 58.6 Å². The lowest BCUT2D eigenvalue weighted by atomic mass is 10.2. The summed E-state index contributed by atoms with van der Waals surface area (Å²) in [5.41, 5.74) is 4.50. The maximum Gasteiger partial charge on any atom is 0.254 e. The molecule has 1 N–H and O–H groups in total. The van der Waals surface area contributed by atoms with E-state index < -0.39 is 10.0 Å². The summed E-state index contributed by atoms with van der Waals surface area (Å²) in [6.45, 7) is 1.82. The van der Waals surface area contributed by atoms with Crippen molar-refractivity contribution in [3.63, 3.8) is 0 Å². The number of sulfonamides is 1. The van der Waals surface area contributed by atoms with Gasteiger partial charge in [-0.05, 0) is 42.0 Å². The van der Waals surface area contributed by atoms with Crippen molar-refractivity contribution in [1.82, 2.24) is 14.6 Å². The zero-order chi connectivity index (χ0) is 22.4. The Kier molecular flexibility index (Phi) is 7.82. The van der Waals surface area contributed by atoms with Gasteiger partial charge in [-0.3, -0.25) is 9.69 Å². The summed E-state index contributed by atoms with van der Waals surface area (Å²) in [6.07, 6.45) is 1.60. The highest BCUT2D eigenvalue weighted by Crippen LogP contribution is 2.20. The second-order valence-corrected chi connectivity index (χ2v) is 10.3. The molecule has 2 aromatic rings. The van der Waals surface area contributed by atoms with Gasteiger partial charge in [-0.1, -0.05) is 28.1 Å². The first kappa shape index (κ1) is 23.4. The lowest BCUT2D eigenvalue weighted by molar-refractivity contribution is -0.122. The van der Waals surface area contributed by atoms with Crippen LogP contribution in [0, 0.1) is 0 Å². The molecule has 2 aromatic carbocycles. The van der Waals surface area contributed by atoms with Crippen LogP contribution in [0.2, 0.25) is 0 Å². The molecule has 1 saturated heterocycles. The molecule has 1 aliphatic heterocycles. The number of halogens is 1. The third-order valence-electron chi connectivity index (χ3n) is 4.96. The summed E-state index contributed by atoms with van der Waals surface area (Å²) >= 11 is 3.31. The number of hydrogen-bond acceptors (Lipinski definition) is 6. The van der Waals surface area contributed by atoms with Crippen LogP contribution in [0.3, 0.4) is 0 Å². The summed E-state index contributed by atoms with van der Waals surface area (Å²) in [4.78, 5) is 16.4. The van der Waals surface area contributed by atoms with Crippen LogP contribution in [-0.2, 0) is 14.8 Å². The minimum Gasteiger partial charge on any atom is -0.378 e. The molecule has 1 amide bonds. The van der Waals surface area contributed by atoms with E-state index in [0.29, 0.717) is 26.2 Å². The minimum atomic E-state index is -3.53. The molecular weight excluding hydrogens is 482 g/mol. The van der Waals surface area contributed by atoms with Gasteiger partial charge in [0.2, 0.25) is 10.0 Å². The number of carbonyl (C=O) groups excluding carboxylic acids is 1. The van der Waals surface area contributed by atoms with Gasteiger partial charge in [0.25, 0.3) is 5.91 Å². The van der Waals surface area contributed by atoms with E-state index in [4.69, 9.17) is 0 Å². The molecule has 0 atom stereocenters. The first-order chi connectivity index (χ1) is 14.8. The van der Waals surface area contributed by atoms with Gasteiger partial charge in [-0.2, -0.15) is 9.41 Å². The standard InChI is InChI=1S/C21H26BrN5O3S/c1-25(2)19-7-3-17(4-8-19)15-23-24-21(28)16-26-11-13-27(14-12-26)31(29,30)20-9-5-18(22)6-10-20/h3-10,15H,11-14,16H2,1-2H3,(H,24,28)/b23-15-. The zero-order valence-electron chi connectivity index (χ0n) is 17.5. The van der Waals surface area contributed by atoms with Gasteiger partial charge in [-0.15, -0.1) is 0 Å². The van der Waals surface area contributed by atoms with E-state index in [1.807, 2.05) is 48.2 Å². The Balaban J connectivity index is 1.46. The van der Waals surface area contributed by atoms with Crippen molar-refractivity contribution in [2.75, 3.05) is 51.7 Å². The smallest absolute Gasteiger partial charge is 0.254 e. The molecule has 0 bridgehead atoms. The number of amides is 1. The number of benzene rings is 2. The SMILES string of the molecule is CN(C)c1ccc(/C=N\NC(=O)CN2CCN(S(=O)(=O)c3ccc(Br)cc3)CC2)cc1. The molecule has 166 valence electrons. The number of piperazine rings is 1. The second-order valence-electron chi connectivity index (χ2n) is 7.41. The van der Waals surface area contributed by atoms with E-state index >= 15 is 0 Å². The molecule has 3 rings (SSSR count). The van der Waals surface area contributed by atoms with Crippen LogP contribution in [-0.4, -0.2) is 76.6 Å². The Labute approximate surface area is 191 Å². The number of nitrogens with one attached hydrogen (secondary N) is 1. The highest BCUT2D eigenvalue weighted by atomic mass is 79.9. The molecule has 0 unspecified atom stereocenters. The van der Waals surface area contributed by atoms with Crippen LogP contribution in [0.15, 0.2) is 63.0 Å². The van der Waals surface area contributed by atoms with Gasteiger partial charge in [0.15, 0.2) is 0 Å². The van der Waals surface area contributed by atoms with Crippen LogP contribution >= 0.6 is 15.9 Å². The highest BCUT2D eigenvalue weighted by molar-refractivity contribution is 9.10. The first-order valence-electron chi connectivity index (χ1n) is 9.83. The molecule has 31 heavy (non-hydrogen) atoms. The fraction of sp³-hybridized carbons (Fsp3) is 0.333. The van der Waals surface area contributed by atoms with E-state index in [2.05, 4.69) is 26.5 Å². The highest BCUT2D eigenvalue weighted by Gasteiger charge is 2.28. The van der Waals surface area contributed by atoms with E-state index in [-0.39, 0.29) is 17.3 Å². The Bertz CT molecular complexity index is 1020. The van der Waals surface area contributed by atoms with Gasteiger partial charge in [0.05, 0.1) is 17.7 Å². The Morgan fingerprint density at radius 1 is 1.06 bits per heavy atom. The quantitative estimate of drug-likeness (QED) is 0.457. The van der Waals surface area contributed by atoms with Gasteiger partial charge >= 0.3 is 0 Å². The van der Waals surface area contributed by atoms with Gasteiger partial charge < -0.3 is 4.90 Å². The zero-order valence-corrected chi connectivity index (χ0v) is 19.9. The minimum absolute atomic E-state index is 0.170. The van der Waals surface area contributed by atoms with Crippen molar-refractivity contribution in [2.24, 2.45) is 5.10 Å². The van der Waals surface area contributed by atoms with Crippen LogP contribution in [0.4, 0.5) is 5.69 Å². The predicted octanol–water partition coefficient (Wildman–Crippen LogP) is 1.97. The van der Waals surface area contributed by atoms with E-state index in [1.165, 1.54) is 4.31 Å². The van der Waals surface area contributed by atoms with Gasteiger partial charge in [0.1, 0.15) is 0 Å². The molecule has 0 radical (unpaired) electrons. The van der Waals surface area contributed by atoms with Crippen LogP contribution in [0.5, 0.6) is 0 Å². The number of carbonyl (C=O) groups is 1. The fourth-order valence-electron chi connectivity index (χ4n) is 3.16. The fourth-order valence-corrected chi connectivity index (χ4v) is 4.85. The molecule has 1 fully saturated rings. The van der Waals surface area contributed by atoms with Crippen molar-refractivity contribution in [1.29, 1.82) is 0 Å². The largest absolute Gasteiger partial charge is 0.378 e. The third-order valence-corrected chi connectivity index (χ3v) is 7.40. The van der Waals surface area contributed by atoms with Crippen molar-refractivity contribution < 1.29 is 13.2 Å². The van der Waals surface area contributed by atoms with Gasteiger partial charge in [0, 0.05) is 50.4 Å². The van der Waals surface area contributed by atoms with E-state index in [0.717, 1.165) is 15.7 Å². The number of hydrogen-bond donors (Lipinski definition) is 1. The first-order valence-corrected chi connectivity index (χ1v) is 12.1. The van der Waals surface area contributed by atoms with Gasteiger partial charge in [-0.25, -0.2) is 13.8 Å². The molecule has 1 heterocycles. The van der Waals surface area contributed by atoms with E-state index in [1.54, 1.807) is 30.5 Å². The molecule has 1 aliphatic rings. The van der Waals surface area contributed by atoms with Crippen LogP contribution < -0.4 is 10.3 Å². The average molecular weight is 508 g/mol. The predicted molar refractivity (Wildman–Crippen MR) is 126 cm³/mol. The Morgan fingerprint density at radius 2 is 1.68 bits per heavy atom. The average Bonchev–Trinajstić information content (AvgIpc) is 2.75. The van der Waals surface area contributed by atoms with E-state index in [9.17, 15) is 13.2 Å². The molecular formula is C21H26BrN5O3S. The van der Waals surface area contributed by atoms with Crippen LogP contribution in [0.25, 0.3) is 0 Å². The Hall–Kier alpha value is -2.27. The van der Waals surface area contributed by atoms with Crippen LogP contribution in [0.1, 0.15) is 5.56 Å². The molecule has 10 heteroatoms. The number of rotatable bonds is 7. The maximum absolute atomic E-state index is 12.8. The summed E-state index contributed by atoms with van der Waals surface area (Å²) in [6, 6.07) is 14.4. The summed E-state index contributed by atoms with van der Waals surface area (Å²) in [7, 11) is 0.418. The third kappa shape index (κ3) is 6.36. The monoisotopic (exact) mass is 507 g/mol. The van der Waals surface area contributed by atoms with Crippen molar-refractivity contribution in [2.45, 2.75) is 4.90 Å². The number of nitrogens with zero attached hydrogens (tertiary/aromatic N) is 4. The number of hydrazone groups is 1. The lowest BCUT2D eigenvalue weighted by Gasteiger charge is -2.33. The summed E-state index contributed by atoms with van der Waals surface area (Å²) in [5, 5.41) is 4.01. The molecule has 0 aliphatic carbocycles. The van der Waals surface area contributed by atoms with Crippen molar-refractivity contribution >= 4 is 43.8 Å². The topological polar surface area (TPSA) is 85.3 Å². The molecule has 0 aromatic heterocycles. The Morgan fingerprint density at radius 3 is 2.26 bits per heavy atom. The second kappa shape index (κ2) is 10.4. The summed E-state index contributed by atoms with van der Waals surface area (Å²) < 4.78 is 27.8. The molecule has 0 saturated carbocycles. The van der Waals surface area contributed by atoms with Crippen molar-refractivity contribution in [3.8, 4) is 0 Å². The molecule has 0 spiro atoms. The molecule has 8 nitrogen and oxygen atoms in total. The number of anilines is 1. The lowest BCUT2D eigenvalue weighted by Crippen LogP contribution is -2.50.